The van der Waals surface area contributed by atoms with Crippen molar-refractivity contribution >= 4 is 27.6 Å². The first-order valence-electron chi connectivity index (χ1n) is 9.14. The van der Waals surface area contributed by atoms with Crippen molar-refractivity contribution in [2.45, 2.75) is 37.5 Å². The maximum atomic E-state index is 11.4. The number of hydrogen-bond acceptors (Lipinski definition) is 7. The van der Waals surface area contributed by atoms with Crippen LogP contribution in [0, 0.1) is 10.1 Å². The third-order valence-corrected chi connectivity index (χ3v) is 4.95. The van der Waals surface area contributed by atoms with Crippen molar-refractivity contribution < 1.29 is 18.1 Å². The van der Waals surface area contributed by atoms with Gasteiger partial charge >= 0.3 is 0 Å². The van der Waals surface area contributed by atoms with Crippen LogP contribution in [0.5, 0.6) is 5.75 Å². The topological polar surface area (TPSA) is 137 Å². The maximum Gasteiger partial charge on any atom is 0.295 e. The summed E-state index contributed by atoms with van der Waals surface area (Å²) in [6.45, 7) is 2.83. The summed E-state index contributed by atoms with van der Waals surface area (Å²) >= 11 is 0. The van der Waals surface area contributed by atoms with E-state index in [4.69, 9.17) is 9.88 Å². The van der Waals surface area contributed by atoms with E-state index in [9.17, 15) is 18.5 Å². The van der Waals surface area contributed by atoms with Crippen molar-refractivity contribution in [3.05, 3.63) is 58.1 Å². The molecule has 156 valence electrons. The second kappa shape index (κ2) is 10.5. The fourth-order valence-corrected chi connectivity index (χ4v) is 3.01. The van der Waals surface area contributed by atoms with Crippen molar-refractivity contribution in [3.63, 3.8) is 0 Å². The summed E-state index contributed by atoms with van der Waals surface area (Å²) in [5.74, 6) is 0.765. The van der Waals surface area contributed by atoms with E-state index in [1.165, 1.54) is 31.2 Å². The van der Waals surface area contributed by atoms with Gasteiger partial charge < -0.3 is 4.74 Å². The summed E-state index contributed by atoms with van der Waals surface area (Å²) in [6, 6.07) is 10.6. The summed E-state index contributed by atoms with van der Waals surface area (Å²) < 4.78 is 28.4. The molecular weight excluding hydrogens is 396 g/mol. The Bertz CT molecular complexity index is 959. The van der Waals surface area contributed by atoms with Crippen molar-refractivity contribution in [2.75, 3.05) is 12.0 Å². The van der Waals surface area contributed by atoms with Gasteiger partial charge in [0.15, 0.2) is 0 Å². The first-order chi connectivity index (χ1) is 13.8. The third-order valence-electron chi connectivity index (χ3n) is 4.04. The van der Waals surface area contributed by atoms with E-state index in [0.29, 0.717) is 6.61 Å². The average molecular weight is 420 g/mol. The van der Waals surface area contributed by atoms with Gasteiger partial charge in [-0.25, -0.2) is 13.6 Å². The number of nitro benzene ring substituents is 1. The zero-order valence-corrected chi connectivity index (χ0v) is 16.9. The summed E-state index contributed by atoms with van der Waals surface area (Å²) in [6.07, 6.45) is 6.04. The van der Waals surface area contributed by atoms with Crippen LogP contribution in [-0.4, -0.2) is 26.2 Å². The lowest BCUT2D eigenvalue weighted by atomic mass is 10.2. The van der Waals surface area contributed by atoms with Crippen LogP contribution in [0.25, 0.3) is 0 Å². The predicted octanol–water partition coefficient (Wildman–Crippen LogP) is 3.65. The lowest BCUT2D eigenvalue weighted by Crippen LogP contribution is -2.12. The monoisotopic (exact) mass is 420 g/mol. The molecule has 0 unspecified atom stereocenters. The van der Waals surface area contributed by atoms with Crippen molar-refractivity contribution in [3.8, 4) is 5.75 Å². The van der Waals surface area contributed by atoms with Crippen molar-refractivity contribution in [1.29, 1.82) is 0 Å². The van der Waals surface area contributed by atoms with Crippen LogP contribution >= 0.6 is 0 Å². The number of sulfonamides is 1. The highest BCUT2D eigenvalue weighted by Gasteiger charge is 2.18. The molecule has 2 aromatic rings. The minimum Gasteiger partial charge on any atom is -0.494 e. The number of primary sulfonamides is 1. The summed E-state index contributed by atoms with van der Waals surface area (Å²) in [7, 11) is -4.04. The Balaban J connectivity index is 1.98. The number of nitro groups is 1. The van der Waals surface area contributed by atoms with Gasteiger partial charge in [0.25, 0.3) is 5.69 Å². The average Bonchev–Trinajstić information content (AvgIpc) is 2.68. The Labute approximate surface area is 169 Å². The second-order valence-corrected chi connectivity index (χ2v) is 7.89. The van der Waals surface area contributed by atoms with Crippen LogP contribution in [0.15, 0.2) is 52.5 Å². The molecule has 2 rings (SSSR count). The maximum absolute atomic E-state index is 11.4. The van der Waals surface area contributed by atoms with Gasteiger partial charge in [-0.2, -0.15) is 5.10 Å². The van der Waals surface area contributed by atoms with Gasteiger partial charge in [0.05, 0.1) is 22.6 Å². The van der Waals surface area contributed by atoms with E-state index in [2.05, 4.69) is 17.5 Å². The molecule has 2 aromatic carbocycles. The quantitative estimate of drug-likeness (QED) is 0.246. The molecule has 0 aliphatic rings. The number of nitrogens with zero attached hydrogens (tertiary/aromatic N) is 2. The first-order valence-corrected chi connectivity index (χ1v) is 10.7. The van der Waals surface area contributed by atoms with Gasteiger partial charge in [0.1, 0.15) is 11.4 Å². The number of rotatable bonds is 11. The number of hydrogen-bond donors (Lipinski definition) is 2. The van der Waals surface area contributed by atoms with Gasteiger partial charge in [-0.05, 0) is 48.4 Å². The molecule has 0 radical (unpaired) electrons. The fraction of sp³-hybridized carbons (Fsp3) is 0.316. The standard InChI is InChI=1S/C19H24N4O5S/c1-2-3-4-5-12-28-16-8-6-15(7-9-16)14-21-22-18-11-10-17(29(20,26)27)13-19(18)23(24)25/h6-11,13-14,22H,2-5,12H2,1H3,(H2,20,26,27)/b21-14-. The molecule has 0 saturated heterocycles. The molecule has 0 spiro atoms. The lowest BCUT2D eigenvalue weighted by molar-refractivity contribution is -0.384. The molecule has 0 fully saturated rings. The molecule has 0 heterocycles. The molecule has 0 aromatic heterocycles. The number of nitrogens with one attached hydrogen (secondary N) is 1. The summed E-state index contributed by atoms with van der Waals surface area (Å²) in [4.78, 5) is 10.1. The van der Waals surface area contributed by atoms with Gasteiger partial charge in [-0.1, -0.05) is 26.2 Å². The van der Waals surface area contributed by atoms with Crippen molar-refractivity contribution in [2.24, 2.45) is 10.2 Å². The van der Waals surface area contributed by atoms with Crippen LogP contribution in [0.3, 0.4) is 0 Å². The molecule has 0 amide bonds. The molecule has 0 saturated carbocycles. The van der Waals surface area contributed by atoms with E-state index in [0.717, 1.165) is 30.2 Å². The number of hydrazone groups is 1. The van der Waals surface area contributed by atoms with E-state index >= 15 is 0 Å². The lowest BCUT2D eigenvalue weighted by Gasteiger charge is -2.06. The zero-order valence-electron chi connectivity index (χ0n) is 16.1. The predicted molar refractivity (Wildman–Crippen MR) is 112 cm³/mol. The number of anilines is 1. The van der Waals surface area contributed by atoms with E-state index < -0.39 is 20.6 Å². The van der Waals surface area contributed by atoms with Gasteiger partial charge in [0, 0.05) is 6.07 Å². The number of unbranched alkanes of at least 4 members (excludes halogenated alkanes) is 3. The van der Waals surface area contributed by atoms with E-state index in [1.807, 2.05) is 24.3 Å². The summed E-state index contributed by atoms with van der Waals surface area (Å²) in [5.41, 5.74) is 2.92. The highest BCUT2D eigenvalue weighted by Crippen LogP contribution is 2.27. The SMILES string of the molecule is CCCCCCOc1ccc(/C=N\Nc2ccc(S(N)(=O)=O)cc2[N+](=O)[O-])cc1. The van der Waals surface area contributed by atoms with Crippen LogP contribution in [0.1, 0.15) is 38.2 Å². The minimum atomic E-state index is -4.04. The van der Waals surface area contributed by atoms with Crippen LogP contribution in [-0.2, 0) is 10.0 Å². The number of benzene rings is 2. The smallest absolute Gasteiger partial charge is 0.295 e. The van der Waals surface area contributed by atoms with Crippen LogP contribution < -0.4 is 15.3 Å². The molecule has 9 nitrogen and oxygen atoms in total. The van der Waals surface area contributed by atoms with E-state index in [1.54, 1.807) is 0 Å². The number of ether oxygens (including phenoxy) is 1. The van der Waals surface area contributed by atoms with Crippen LogP contribution in [0.4, 0.5) is 11.4 Å². The Morgan fingerprint density at radius 3 is 2.52 bits per heavy atom. The molecule has 0 aliphatic carbocycles. The zero-order chi connectivity index (χ0) is 21.3. The Morgan fingerprint density at radius 2 is 1.90 bits per heavy atom. The Morgan fingerprint density at radius 1 is 1.17 bits per heavy atom. The normalized spacial score (nSPS) is 11.5. The molecule has 0 aliphatic heterocycles. The van der Waals surface area contributed by atoms with Gasteiger partial charge in [-0.3, -0.25) is 15.5 Å². The van der Waals surface area contributed by atoms with Gasteiger partial charge in [-0.15, -0.1) is 0 Å². The molecule has 0 atom stereocenters. The molecule has 3 N–H and O–H groups in total. The summed E-state index contributed by atoms with van der Waals surface area (Å²) in [5, 5.41) is 20.2. The van der Waals surface area contributed by atoms with Crippen LogP contribution in [0.2, 0.25) is 0 Å². The highest BCUT2D eigenvalue weighted by molar-refractivity contribution is 7.89. The van der Waals surface area contributed by atoms with Gasteiger partial charge in [0.2, 0.25) is 10.0 Å². The molecule has 0 bridgehead atoms. The fourth-order valence-electron chi connectivity index (χ4n) is 2.48. The Hall–Kier alpha value is -2.98. The largest absolute Gasteiger partial charge is 0.494 e. The molecular formula is C19H24N4O5S. The third kappa shape index (κ3) is 7.16. The van der Waals surface area contributed by atoms with Crippen molar-refractivity contribution in [1.82, 2.24) is 0 Å². The Kier molecular flexibility index (Phi) is 8.10. The molecule has 10 heteroatoms. The highest BCUT2D eigenvalue weighted by atomic mass is 32.2. The number of nitrogens with two attached hydrogens (primary N) is 1. The second-order valence-electron chi connectivity index (χ2n) is 6.33. The first kappa shape index (κ1) is 22.3. The van der Waals surface area contributed by atoms with E-state index in [-0.39, 0.29) is 10.6 Å². The molecule has 29 heavy (non-hydrogen) atoms. The minimum absolute atomic E-state index is 0.0469.